The molecule has 0 radical (unpaired) electrons. The number of nitrogens with one attached hydrogen (secondary N) is 2. The second-order valence-electron chi connectivity index (χ2n) is 5.30. The van der Waals surface area contributed by atoms with Gasteiger partial charge in [0.2, 0.25) is 10.0 Å². The van der Waals surface area contributed by atoms with E-state index in [2.05, 4.69) is 10.0 Å². The molecule has 21 heavy (non-hydrogen) atoms. The van der Waals surface area contributed by atoms with Crippen LogP contribution in [0.2, 0.25) is 0 Å². The normalized spacial score (nSPS) is 22.6. The van der Waals surface area contributed by atoms with E-state index >= 15 is 0 Å². The van der Waals surface area contributed by atoms with Gasteiger partial charge in [-0.15, -0.1) is 0 Å². The van der Waals surface area contributed by atoms with Crippen molar-refractivity contribution < 1.29 is 17.9 Å². The van der Waals surface area contributed by atoms with Gasteiger partial charge in [-0.2, -0.15) is 0 Å². The molecule has 1 atom stereocenters. The largest absolute Gasteiger partial charge is 0.486 e. The molecule has 0 aromatic heterocycles. The Hall–Kier alpha value is -1.31. The highest BCUT2D eigenvalue weighted by molar-refractivity contribution is 7.89. The Morgan fingerprint density at radius 3 is 2.76 bits per heavy atom. The van der Waals surface area contributed by atoms with Crippen LogP contribution in [-0.4, -0.2) is 40.8 Å². The Morgan fingerprint density at radius 2 is 1.90 bits per heavy atom. The molecule has 2 aliphatic rings. The molecule has 6 nitrogen and oxygen atoms in total. The quantitative estimate of drug-likeness (QED) is 0.866. The Morgan fingerprint density at radius 1 is 1.10 bits per heavy atom. The lowest BCUT2D eigenvalue weighted by atomic mass is 10.1. The molecule has 116 valence electrons. The standard InChI is InChI=1S/C14H20N2O4S/c17-21(18,16-11-2-1-6-15-7-5-11)12-3-4-13-14(10-12)20-9-8-19-13/h3-4,10-11,15-16H,1-2,5-9H2. The maximum absolute atomic E-state index is 12.5. The molecule has 1 aromatic carbocycles. The van der Waals surface area contributed by atoms with Crippen molar-refractivity contribution in [3.63, 3.8) is 0 Å². The molecule has 0 aliphatic carbocycles. The molecule has 2 aliphatic heterocycles. The highest BCUT2D eigenvalue weighted by atomic mass is 32.2. The first kappa shape index (κ1) is 14.6. The molecule has 0 bridgehead atoms. The minimum Gasteiger partial charge on any atom is -0.486 e. The van der Waals surface area contributed by atoms with Crippen LogP contribution in [0, 0.1) is 0 Å². The monoisotopic (exact) mass is 312 g/mol. The van der Waals surface area contributed by atoms with E-state index < -0.39 is 10.0 Å². The first-order chi connectivity index (χ1) is 10.1. The molecule has 2 N–H and O–H groups in total. The molecule has 1 fully saturated rings. The summed E-state index contributed by atoms with van der Waals surface area (Å²) in [5.74, 6) is 1.09. The van der Waals surface area contributed by atoms with Crippen LogP contribution in [-0.2, 0) is 10.0 Å². The predicted molar refractivity (Wildman–Crippen MR) is 78.3 cm³/mol. The zero-order chi connectivity index (χ0) is 14.7. The Balaban J connectivity index is 1.77. The highest BCUT2D eigenvalue weighted by Crippen LogP contribution is 2.32. The van der Waals surface area contributed by atoms with Crippen molar-refractivity contribution in [3.8, 4) is 11.5 Å². The van der Waals surface area contributed by atoms with Gasteiger partial charge in [-0.3, -0.25) is 0 Å². The SMILES string of the molecule is O=S(=O)(NC1CCCNCC1)c1ccc2c(c1)OCCO2. The van der Waals surface area contributed by atoms with Crippen molar-refractivity contribution in [1.82, 2.24) is 10.0 Å². The fourth-order valence-corrected chi connectivity index (χ4v) is 3.94. The maximum atomic E-state index is 12.5. The molecule has 3 rings (SSSR count). The van der Waals surface area contributed by atoms with Gasteiger partial charge in [-0.05, 0) is 44.5 Å². The summed E-state index contributed by atoms with van der Waals surface area (Å²) in [6, 6.07) is 4.73. The number of fused-ring (bicyclic) bond motifs is 1. The lowest BCUT2D eigenvalue weighted by Crippen LogP contribution is -2.35. The Bertz CT molecular complexity index is 595. The van der Waals surface area contributed by atoms with E-state index in [-0.39, 0.29) is 10.9 Å². The molecular weight excluding hydrogens is 292 g/mol. The van der Waals surface area contributed by atoms with Crippen LogP contribution in [0.3, 0.4) is 0 Å². The first-order valence-corrected chi connectivity index (χ1v) is 8.76. The van der Waals surface area contributed by atoms with E-state index in [1.807, 2.05) is 0 Å². The maximum Gasteiger partial charge on any atom is 0.240 e. The Labute approximate surface area is 124 Å². The summed E-state index contributed by atoms with van der Waals surface area (Å²) in [6.45, 7) is 2.72. The van der Waals surface area contributed by atoms with Gasteiger partial charge in [0, 0.05) is 12.1 Å². The summed E-state index contributed by atoms with van der Waals surface area (Å²) in [7, 11) is -3.52. The van der Waals surface area contributed by atoms with Crippen molar-refractivity contribution in [2.45, 2.75) is 30.2 Å². The lowest BCUT2D eigenvalue weighted by Gasteiger charge is -2.20. The summed E-state index contributed by atoms with van der Waals surface area (Å²) in [6.07, 6.45) is 2.65. The van der Waals surface area contributed by atoms with E-state index in [1.54, 1.807) is 12.1 Å². The highest BCUT2D eigenvalue weighted by Gasteiger charge is 2.23. The van der Waals surface area contributed by atoms with Gasteiger partial charge in [0.25, 0.3) is 0 Å². The summed E-state index contributed by atoms with van der Waals surface area (Å²) in [5, 5.41) is 3.27. The summed E-state index contributed by atoms with van der Waals surface area (Å²) >= 11 is 0. The van der Waals surface area contributed by atoms with Crippen molar-refractivity contribution in [2.75, 3.05) is 26.3 Å². The van der Waals surface area contributed by atoms with E-state index in [4.69, 9.17) is 9.47 Å². The van der Waals surface area contributed by atoms with Crippen LogP contribution >= 0.6 is 0 Å². The second-order valence-corrected chi connectivity index (χ2v) is 7.02. The van der Waals surface area contributed by atoms with Crippen LogP contribution in [0.1, 0.15) is 19.3 Å². The minimum atomic E-state index is -3.52. The summed E-state index contributed by atoms with van der Waals surface area (Å²) in [5.41, 5.74) is 0. The number of sulfonamides is 1. The number of rotatable bonds is 3. The van der Waals surface area contributed by atoms with Crippen molar-refractivity contribution in [1.29, 1.82) is 0 Å². The van der Waals surface area contributed by atoms with Gasteiger partial charge in [-0.25, -0.2) is 13.1 Å². The molecule has 1 aromatic rings. The lowest BCUT2D eigenvalue weighted by molar-refractivity contribution is 0.171. The molecule has 0 saturated carbocycles. The summed E-state index contributed by atoms with van der Waals surface area (Å²) < 4.78 is 38.6. The smallest absolute Gasteiger partial charge is 0.240 e. The van der Waals surface area contributed by atoms with Gasteiger partial charge >= 0.3 is 0 Å². The molecule has 0 amide bonds. The van der Waals surface area contributed by atoms with Crippen molar-refractivity contribution >= 4 is 10.0 Å². The zero-order valence-corrected chi connectivity index (χ0v) is 12.6. The molecule has 2 heterocycles. The van der Waals surface area contributed by atoms with Crippen LogP contribution in [0.25, 0.3) is 0 Å². The predicted octanol–water partition coefficient (Wildman–Crippen LogP) is 0.878. The number of benzene rings is 1. The van der Waals surface area contributed by atoms with Crippen LogP contribution < -0.4 is 19.5 Å². The van der Waals surface area contributed by atoms with Crippen LogP contribution in [0.4, 0.5) is 0 Å². The molecule has 1 saturated heterocycles. The average Bonchev–Trinajstić information content (AvgIpc) is 2.75. The van der Waals surface area contributed by atoms with E-state index in [0.717, 1.165) is 32.4 Å². The third kappa shape index (κ3) is 3.48. The molecule has 1 unspecified atom stereocenters. The number of hydrogen-bond acceptors (Lipinski definition) is 5. The van der Waals surface area contributed by atoms with Gasteiger partial charge in [0.15, 0.2) is 11.5 Å². The van der Waals surface area contributed by atoms with Crippen LogP contribution in [0.5, 0.6) is 11.5 Å². The van der Waals surface area contributed by atoms with Crippen molar-refractivity contribution in [2.24, 2.45) is 0 Å². The molecule has 0 spiro atoms. The fourth-order valence-electron chi connectivity index (χ4n) is 2.62. The van der Waals surface area contributed by atoms with E-state index in [0.29, 0.717) is 24.7 Å². The Kier molecular flexibility index (Phi) is 4.32. The summed E-state index contributed by atoms with van der Waals surface area (Å²) in [4.78, 5) is 0.226. The minimum absolute atomic E-state index is 0.0156. The first-order valence-electron chi connectivity index (χ1n) is 7.28. The van der Waals surface area contributed by atoms with Gasteiger partial charge in [0.05, 0.1) is 4.90 Å². The van der Waals surface area contributed by atoms with Gasteiger partial charge in [-0.1, -0.05) is 0 Å². The average molecular weight is 312 g/mol. The molecule has 7 heteroatoms. The fraction of sp³-hybridized carbons (Fsp3) is 0.571. The number of hydrogen-bond donors (Lipinski definition) is 2. The topological polar surface area (TPSA) is 76.7 Å². The zero-order valence-electron chi connectivity index (χ0n) is 11.8. The third-order valence-electron chi connectivity index (χ3n) is 3.72. The van der Waals surface area contributed by atoms with E-state index in [9.17, 15) is 8.42 Å². The second kappa shape index (κ2) is 6.21. The van der Waals surface area contributed by atoms with Gasteiger partial charge < -0.3 is 14.8 Å². The van der Waals surface area contributed by atoms with Crippen molar-refractivity contribution in [3.05, 3.63) is 18.2 Å². The van der Waals surface area contributed by atoms with Gasteiger partial charge in [0.1, 0.15) is 13.2 Å². The number of ether oxygens (including phenoxy) is 2. The van der Waals surface area contributed by atoms with Crippen LogP contribution in [0.15, 0.2) is 23.1 Å². The van der Waals surface area contributed by atoms with E-state index in [1.165, 1.54) is 6.07 Å². The third-order valence-corrected chi connectivity index (χ3v) is 5.24. The molecular formula is C14H20N2O4S.